The second-order valence-corrected chi connectivity index (χ2v) is 5.55. The van der Waals surface area contributed by atoms with Crippen molar-refractivity contribution < 1.29 is 4.79 Å². The molecule has 1 aromatic heterocycles. The van der Waals surface area contributed by atoms with Gasteiger partial charge in [-0.1, -0.05) is 54.5 Å². The highest BCUT2D eigenvalue weighted by Gasteiger charge is 2.10. The molecule has 2 nitrogen and oxygen atoms in total. The molecule has 2 heteroatoms. The van der Waals surface area contributed by atoms with Gasteiger partial charge in [0, 0.05) is 22.1 Å². The molecule has 0 saturated carbocycles. The van der Waals surface area contributed by atoms with Gasteiger partial charge in [0.15, 0.2) is 5.78 Å². The number of hydrogen-bond donors (Lipinski definition) is 0. The first kappa shape index (κ1) is 15.7. The minimum atomic E-state index is 0.0370. The van der Waals surface area contributed by atoms with E-state index in [9.17, 15) is 4.79 Å². The highest BCUT2D eigenvalue weighted by molar-refractivity contribution is 6.07. The molecule has 2 aromatic carbocycles. The summed E-state index contributed by atoms with van der Waals surface area (Å²) in [6, 6.07) is 17.5. The highest BCUT2D eigenvalue weighted by Crippen LogP contribution is 2.26. The molecule has 24 heavy (non-hydrogen) atoms. The Morgan fingerprint density at radius 3 is 2.46 bits per heavy atom. The maximum Gasteiger partial charge on any atom is 0.160 e. The minimum Gasteiger partial charge on any atom is -0.294 e. The first-order valence-electron chi connectivity index (χ1n) is 7.78. The van der Waals surface area contributed by atoms with E-state index in [1.807, 2.05) is 67.6 Å². The Labute approximate surface area is 141 Å². The van der Waals surface area contributed by atoms with Crippen LogP contribution >= 0.6 is 0 Å². The summed E-state index contributed by atoms with van der Waals surface area (Å²) in [5.41, 5.74) is 5.11. The van der Waals surface area contributed by atoms with Crippen molar-refractivity contribution >= 4 is 22.3 Å². The number of terminal acetylenes is 1. The molecule has 0 aliphatic rings. The molecule has 0 amide bonds. The Morgan fingerprint density at radius 2 is 1.83 bits per heavy atom. The van der Waals surface area contributed by atoms with Crippen molar-refractivity contribution in [1.82, 2.24) is 4.98 Å². The highest BCUT2D eigenvalue weighted by atomic mass is 16.1. The number of Topliss-reactive ketones (excluding diaryl/α,β-unsaturated/α-hetero) is 1. The van der Waals surface area contributed by atoms with Crippen molar-refractivity contribution in [3.8, 4) is 23.6 Å². The van der Waals surface area contributed by atoms with E-state index in [4.69, 9.17) is 11.4 Å². The van der Waals surface area contributed by atoms with E-state index in [-0.39, 0.29) is 5.78 Å². The fourth-order valence-corrected chi connectivity index (χ4v) is 2.77. The zero-order valence-electron chi connectivity index (χ0n) is 13.7. The normalized spacial score (nSPS) is 11.3. The lowest BCUT2D eigenvalue weighted by atomic mass is 9.99. The van der Waals surface area contributed by atoms with E-state index in [0.29, 0.717) is 5.56 Å². The lowest BCUT2D eigenvalue weighted by Gasteiger charge is -2.08. The van der Waals surface area contributed by atoms with Crippen LogP contribution in [0.5, 0.6) is 0 Å². The third-order valence-corrected chi connectivity index (χ3v) is 4.03. The van der Waals surface area contributed by atoms with E-state index in [0.717, 1.165) is 33.3 Å². The Bertz CT molecular complexity index is 989. The standard InChI is InChI=1S/C22H17NO/c1-4-16(5-2)17-10-12-18(13-11-17)22-14-20(15(3)24)19-8-6-7-9-21(19)23-22/h1,5-14H,2-3H3/b16-5+. The molecular formula is C22H17NO. The lowest BCUT2D eigenvalue weighted by molar-refractivity contribution is 0.101. The van der Waals surface area contributed by atoms with Crippen molar-refractivity contribution in [3.63, 3.8) is 0 Å². The maximum absolute atomic E-state index is 12.0. The number of pyridine rings is 1. The second-order valence-electron chi connectivity index (χ2n) is 5.55. The first-order valence-corrected chi connectivity index (χ1v) is 7.78. The van der Waals surface area contributed by atoms with Gasteiger partial charge in [-0.25, -0.2) is 4.98 Å². The number of rotatable bonds is 3. The van der Waals surface area contributed by atoms with Crippen molar-refractivity contribution in [1.29, 1.82) is 0 Å². The van der Waals surface area contributed by atoms with E-state index in [2.05, 4.69) is 5.92 Å². The molecule has 0 spiro atoms. The zero-order chi connectivity index (χ0) is 17.1. The van der Waals surface area contributed by atoms with Crippen LogP contribution in [-0.2, 0) is 0 Å². The summed E-state index contributed by atoms with van der Waals surface area (Å²) in [4.78, 5) is 16.7. The molecule has 1 heterocycles. The molecule has 116 valence electrons. The summed E-state index contributed by atoms with van der Waals surface area (Å²) < 4.78 is 0. The van der Waals surface area contributed by atoms with Gasteiger partial charge in [0.05, 0.1) is 11.2 Å². The van der Waals surface area contributed by atoms with Crippen LogP contribution in [0.25, 0.3) is 27.7 Å². The van der Waals surface area contributed by atoms with Crippen molar-refractivity contribution in [2.24, 2.45) is 0 Å². The van der Waals surface area contributed by atoms with Gasteiger partial charge in [-0.2, -0.15) is 0 Å². The van der Waals surface area contributed by atoms with Gasteiger partial charge in [0.2, 0.25) is 0 Å². The molecule has 0 bridgehead atoms. The molecule has 0 unspecified atom stereocenters. The number of nitrogens with zero attached hydrogens (tertiary/aromatic N) is 1. The third kappa shape index (κ3) is 2.85. The van der Waals surface area contributed by atoms with Crippen LogP contribution in [0.15, 0.2) is 60.7 Å². The van der Waals surface area contributed by atoms with E-state index < -0.39 is 0 Å². The Hall–Kier alpha value is -3.18. The van der Waals surface area contributed by atoms with Gasteiger partial charge < -0.3 is 0 Å². The molecule has 0 fully saturated rings. The molecule has 0 atom stereocenters. The smallest absolute Gasteiger partial charge is 0.160 e. The van der Waals surface area contributed by atoms with Gasteiger partial charge >= 0.3 is 0 Å². The number of carbonyl (C=O) groups is 1. The molecule has 3 aromatic rings. The number of fused-ring (bicyclic) bond motifs is 1. The Balaban J connectivity index is 2.13. The molecule has 0 N–H and O–H groups in total. The fraction of sp³-hybridized carbons (Fsp3) is 0.0909. The summed E-state index contributed by atoms with van der Waals surface area (Å²) in [6.07, 6.45) is 7.43. The number of benzene rings is 2. The average molecular weight is 311 g/mol. The Morgan fingerprint density at radius 1 is 1.12 bits per heavy atom. The predicted octanol–water partition coefficient (Wildman–Crippen LogP) is 5.14. The largest absolute Gasteiger partial charge is 0.294 e. The second kappa shape index (κ2) is 6.52. The fourth-order valence-electron chi connectivity index (χ4n) is 2.77. The van der Waals surface area contributed by atoms with E-state index >= 15 is 0 Å². The van der Waals surface area contributed by atoms with Crippen LogP contribution in [0, 0.1) is 12.3 Å². The van der Waals surface area contributed by atoms with Gasteiger partial charge in [-0.3, -0.25) is 4.79 Å². The summed E-state index contributed by atoms with van der Waals surface area (Å²) in [5.74, 6) is 2.71. The zero-order valence-corrected chi connectivity index (χ0v) is 13.7. The molecule has 3 rings (SSSR count). The van der Waals surface area contributed by atoms with Crippen LogP contribution in [0.1, 0.15) is 29.8 Å². The monoisotopic (exact) mass is 311 g/mol. The van der Waals surface area contributed by atoms with Crippen molar-refractivity contribution in [3.05, 3.63) is 71.8 Å². The average Bonchev–Trinajstić information content (AvgIpc) is 2.62. The van der Waals surface area contributed by atoms with Crippen LogP contribution in [0.2, 0.25) is 0 Å². The van der Waals surface area contributed by atoms with Crippen molar-refractivity contribution in [2.45, 2.75) is 13.8 Å². The summed E-state index contributed by atoms with van der Waals surface area (Å²) in [7, 11) is 0. The van der Waals surface area contributed by atoms with E-state index in [1.165, 1.54) is 0 Å². The summed E-state index contributed by atoms with van der Waals surface area (Å²) >= 11 is 0. The topological polar surface area (TPSA) is 30.0 Å². The number of ketones is 1. The number of carbonyl (C=O) groups excluding carboxylic acids is 1. The first-order chi connectivity index (χ1) is 11.6. The maximum atomic E-state index is 12.0. The molecular weight excluding hydrogens is 294 g/mol. The van der Waals surface area contributed by atoms with Crippen LogP contribution < -0.4 is 0 Å². The molecule has 0 radical (unpaired) electrons. The number of hydrogen-bond acceptors (Lipinski definition) is 2. The number of aromatic nitrogens is 1. The summed E-state index contributed by atoms with van der Waals surface area (Å²) in [6.45, 7) is 3.51. The van der Waals surface area contributed by atoms with Crippen LogP contribution in [0.3, 0.4) is 0 Å². The van der Waals surface area contributed by atoms with E-state index in [1.54, 1.807) is 6.92 Å². The van der Waals surface area contributed by atoms with Crippen molar-refractivity contribution in [2.75, 3.05) is 0 Å². The predicted molar refractivity (Wildman–Crippen MR) is 99.7 cm³/mol. The summed E-state index contributed by atoms with van der Waals surface area (Å²) in [5, 5.41) is 0.883. The lowest BCUT2D eigenvalue weighted by Crippen LogP contribution is -1.97. The number of para-hydroxylation sites is 1. The quantitative estimate of drug-likeness (QED) is 0.495. The van der Waals surface area contributed by atoms with Gasteiger partial charge in [0.25, 0.3) is 0 Å². The number of allylic oxidation sites excluding steroid dienone is 2. The van der Waals surface area contributed by atoms with Gasteiger partial charge in [-0.05, 0) is 31.5 Å². The molecule has 0 aliphatic heterocycles. The van der Waals surface area contributed by atoms with Gasteiger partial charge in [-0.15, -0.1) is 6.42 Å². The Kier molecular flexibility index (Phi) is 4.26. The minimum absolute atomic E-state index is 0.0370. The van der Waals surface area contributed by atoms with Crippen LogP contribution in [-0.4, -0.2) is 10.8 Å². The SMILES string of the molecule is C#C/C(=C\C)c1ccc(-c2cc(C(C)=O)c3ccccc3n2)cc1. The van der Waals surface area contributed by atoms with Gasteiger partial charge in [0.1, 0.15) is 0 Å². The molecule has 0 saturated heterocycles. The molecule has 0 aliphatic carbocycles. The third-order valence-electron chi connectivity index (χ3n) is 4.03. The van der Waals surface area contributed by atoms with Crippen LogP contribution in [0.4, 0.5) is 0 Å².